The van der Waals surface area contributed by atoms with Crippen LogP contribution in [0.4, 0.5) is 11.6 Å². The highest BCUT2D eigenvalue weighted by atomic mass is 35.5. The number of hydrogen-bond acceptors (Lipinski definition) is 5. The van der Waals surface area contributed by atoms with E-state index >= 15 is 0 Å². The van der Waals surface area contributed by atoms with Crippen molar-refractivity contribution in [2.45, 2.75) is 6.92 Å². The number of aromatic nitrogens is 2. The molecular weight excluding hydrogens is 294 g/mol. The largest absolute Gasteiger partial charge is 0.497 e. The Morgan fingerprint density at radius 1 is 1.25 bits per heavy atom. The van der Waals surface area contributed by atoms with Crippen LogP contribution in [0.3, 0.4) is 0 Å². The molecule has 0 bridgehead atoms. The highest BCUT2D eigenvalue weighted by Crippen LogP contribution is 2.29. The zero-order valence-electron chi connectivity index (χ0n) is 11.0. The minimum atomic E-state index is 0.471. The maximum atomic E-state index is 6.16. The van der Waals surface area contributed by atoms with Crippen LogP contribution in [-0.2, 0) is 0 Å². The summed E-state index contributed by atoms with van der Waals surface area (Å²) >= 11 is 7.69. The number of fused-ring (bicyclic) bond motifs is 1. The molecule has 0 aliphatic carbocycles. The molecule has 0 fully saturated rings. The second-order valence-electron chi connectivity index (χ2n) is 4.28. The number of hydrogen-bond donors (Lipinski definition) is 1. The third kappa shape index (κ3) is 2.42. The van der Waals surface area contributed by atoms with Gasteiger partial charge in [-0.1, -0.05) is 11.6 Å². The molecule has 0 aliphatic heterocycles. The summed E-state index contributed by atoms with van der Waals surface area (Å²) in [4.78, 5) is 8.72. The molecule has 0 spiro atoms. The van der Waals surface area contributed by atoms with Crippen LogP contribution in [-0.4, -0.2) is 17.1 Å². The smallest absolute Gasteiger partial charge is 0.229 e. The highest BCUT2D eigenvalue weighted by Gasteiger charge is 2.08. The minimum absolute atomic E-state index is 0.471. The fraction of sp³-hybridized carbons (Fsp3) is 0.143. The van der Waals surface area contributed by atoms with Gasteiger partial charge in [0.2, 0.25) is 5.95 Å². The van der Waals surface area contributed by atoms with Gasteiger partial charge in [-0.2, -0.15) is 4.98 Å². The van der Waals surface area contributed by atoms with Gasteiger partial charge in [-0.3, -0.25) is 0 Å². The van der Waals surface area contributed by atoms with Gasteiger partial charge in [0.1, 0.15) is 5.75 Å². The average Bonchev–Trinajstić information content (AvgIpc) is 2.90. The third-order valence-corrected chi connectivity index (χ3v) is 4.24. The van der Waals surface area contributed by atoms with Crippen LogP contribution in [0.5, 0.6) is 5.75 Å². The van der Waals surface area contributed by atoms with Crippen LogP contribution in [0.15, 0.2) is 29.6 Å². The van der Waals surface area contributed by atoms with E-state index in [0.717, 1.165) is 27.2 Å². The molecule has 2 heterocycles. The maximum Gasteiger partial charge on any atom is 0.229 e. The molecule has 0 atom stereocenters. The molecule has 4 nitrogen and oxygen atoms in total. The molecular formula is C14H12ClN3OS. The van der Waals surface area contributed by atoms with E-state index in [9.17, 15) is 0 Å². The fourth-order valence-electron chi connectivity index (χ4n) is 1.91. The number of aryl methyl sites for hydroxylation is 1. The third-order valence-electron chi connectivity index (χ3n) is 2.94. The molecule has 0 saturated heterocycles. The number of thiophene rings is 1. The highest BCUT2D eigenvalue weighted by molar-refractivity contribution is 7.17. The maximum absolute atomic E-state index is 6.16. The lowest BCUT2D eigenvalue weighted by molar-refractivity contribution is 0.414. The predicted molar refractivity (Wildman–Crippen MR) is 83.4 cm³/mol. The molecule has 0 aliphatic rings. The molecule has 0 radical (unpaired) electrons. The van der Waals surface area contributed by atoms with E-state index in [1.165, 1.54) is 11.3 Å². The van der Waals surface area contributed by atoms with Gasteiger partial charge in [-0.05, 0) is 42.1 Å². The van der Waals surface area contributed by atoms with Crippen LogP contribution in [0.2, 0.25) is 5.15 Å². The summed E-state index contributed by atoms with van der Waals surface area (Å²) < 4.78 is 6.09. The van der Waals surface area contributed by atoms with E-state index in [1.807, 2.05) is 36.6 Å². The molecule has 1 aromatic carbocycles. The topological polar surface area (TPSA) is 47.0 Å². The van der Waals surface area contributed by atoms with Crippen LogP contribution in [0.1, 0.15) is 5.56 Å². The SMILES string of the molecule is COc1ccc(Nc2nc(Cl)c3sccc3n2)c(C)c1. The van der Waals surface area contributed by atoms with E-state index in [2.05, 4.69) is 15.3 Å². The first-order valence-electron chi connectivity index (χ1n) is 6.00. The minimum Gasteiger partial charge on any atom is -0.497 e. The number of anilines is 2. The molecule has 1 N–H and O–H groups in total. The van der Waals surface area contributed by atoms with Crippen molar-refractivity contribution in [2.24, 2.45) is 0 Å². The number of halogens is 1. The Morgan fingerprint density at radius 2 is 2.10 bits per heavy atom. The summed E-state index contributed by atoms with van der Waals surface area (Å²) in [6, 6.07) is 7.70. The Morgan fingerprint density at radius 3 is 2.85 bits per heavy atom. The van der Waals surface area contributed by atoms with Gasteiger partial charge in [0, 0.05) is 5.69 Å². The Bertz CT molecular complexity index is 772. The zero-order chi connectivity index (χ0) is 14.1. The van der Waals surface area contributed by atoms with Crippen molar-refractivity contribution in [2.75, 3.05) is 12.4 Å². The summed E-state index contributed by atoms with van der Waals surface area (Å²) in [6.45, 7) is 2.00. The summed E-state index contributed by atoms with van der Waals surface area (Å²) in [7, 11) is 1.65. The van der Waals surface area contributed by atoms with Gasteiger partial charge >= 0.3 is 0 Å². The normalized spacial score (nSPS) is 10.8. The van der Waals surface area contributed by atoms with Crippen molar-refractivity contribution in [3.8, 4) is 5.75 Å². The number of benzene rings is 1. The van der Waals surface area contributed by atoms with Gasteiger partial charge in [0.15, 0.2) is 5.15 Å². The number of methoxy groups -OCH3 is 1. The van der Waals surface area contributed by atoms with Crippen molar-refractivity contribution in [1.82, 2.24) is 9.97 Å². The van der Waals surface area contributed by atoms with Crippen molar-refractivity contribution < 1.29 is 4.74 Å². The van der Waals surface area contributed by atoms with E-state index < -0.39 is 0 Å². The molecule has 0 unspecified atom stereocenters. The van der Waals surface area contributed by atoms with E-state index in [-0.39, 0.29) is 0 Å². The van der Waals surface area contributed by atoms with E-state index in [4.69, 9.17) is 16.3 Å². The predicted octanol–water partition coefficient (Wildman–Crippen LogP) is 4.41. The lowest BCUT2D eigenvalue weighted by Gasteiger charge is -2.10. The molecule has 20 heavy (non-hydrogen) atoms. The van der Waals surface area contributed by atoms with Crippen LogP contribution < -0.4 is 10.1 Å². The fourth-order valence-corrected chi connectivity index (χ4v) is 2.93. The number of rotatable bonds is 3. The Hall–Kier alpha value is -1.85. The monoisotopic (exact) mass is 305 g/mol. The molecule has 0 amide bonds. The lowest BCUT2D eigenvalue weighted by atomic mass is 10.2. The van der Waals surface area contributed by atoms with Crippen molar-refractivity contribution in [3.63, 3.8) is 0 Å². The van der Waals surface area contributed by atoms with Crippen molar-refractivity contribution in [1.29, 1.82) is 0 Å². The van der Waals surface area contributed by atoms with E-state index in [1.54, 1.807) is 7.11 Å². The second-order valence-corrected chi connectivity index (χ2v) is 5.55. The van der Waals surface area contributed by atoms with Crippen LogP contribution in [0, 0.1) is 6.92 Å². The van der Waals surface area contributed by atoms with Gasteiger partial charge in [-0.15, -0.1) is 11.3 Å². The lowest BCUT2D eigenvalue weighted by Crippen LogP contribution is -1.99. The number of ether oxygens (including phenoxy) is 1. The Labute approximate surface area is 125 Å². The Balaban J connectivity index is 1.96. The summed E-state index contributed by atoms with van der Waals surface area (Å²) in [6.07, 6.45) is 0. The first kappa shape index (κ1) is 13.1. The van der Waals surface area contributed by atoms with Crippen molar-refractivity contribution >= 4 is 44.8 Å². The quantitative estimate of drug-likeness (QED) is 0.728. The summed E-state index contributed by atoms with van der Waals surface area (Å²) in [5.74, 6) is 1.31. The second kappa shape index (κ2) is 5.26. The van der Waals surface area contributed by atoms with Crippen LogP contribution in [0.25, 0.3) is 10.2 Å². The first-order valence-corrected chi connectivity index (χ1v) is 7.25. The molecule has 2 aromatic heterocycles. The number of nitrogens with one attached hydrogen (secondary N) is 1. The molecule has 3 rings (SSSR count). The summed E-state index contributed by atoms with van der Waals surface area (Å²) in [5.41, 5.74) is 2.83. The van der Waals surface area contributed by atoms with Gasteiger partial charge in [0.25, 0.3) is 0 Å². The first-order chi connectivity index (χ1) is 9.67. The molecule has 0 saturated carbocycles. The van der Waals surface area contributed by atoms with E-state index in [0.29, 0.717) is 11.1 Å². The van der Waals surface area contributed by atoms with Gasteiger partial charge in [-0.25, -0.2) is 4.98 Å². The van der Waals surface area contributed by atoms with Crippen LogP contribution >= 0.6 is 22.9 Å². The molecule has 3 aromatic rings. The average molecular weight is 306 g/mol. The zero-order valence-corrected chi connectivity index (χ0v) is 12.5. The summed E-state index contributed by atoms with van der Waals surface area (Å²) in [5, 5.41) is 5.61. The molecule has 102 valence electrons. The Kier molecular flexibility index (Phi) is 3.46. The van der Waals surface area contributed by atoms with Crippen molar-refractivity contribution in [3.05, 3.63) is 40.4 Å². The molecule has 6 heteroatoms. The van der Waals surface area contributed by atoms with Gasteiger partial charge in [0.05, 0.1) is 17.3 Å². The van der Waals surface area contributed by atoms with Gasteiger partial charge < -0.3 is 10.1 Å². The standard InChI is InChI=1S/C14H12ClN3OS/c1-8-7-9(19-2)3-4-10(8)16-14-17-11-5-6-20-12(11)13(15)18-14/h3-7H,1-2H3,(H,16,17,18). The number of nitrogens with zero attached hydrogens (tertiary/aromatic N) is 2.